The number of nitrogens with one attached hydrogen (secondary N) is 1. The standard InChI is InChI=1S/C11H9BrN2O2S/c12-8-2-1-3-9(10(8)11(15)16)14-5-7-4-13-6-17-7/h1-4,6,14H,5H2,(H,15,16). The van der Waals surface area contributed by atoms with Gasteiger partial charge in [0.25, 0.3) is 0 Å². The molecular weight excluding hydrogens is 304 g/mol. The third-order valence-electron chi connectivity index (χ3n) is 2.16. The summed E-state index contributed by atoms with van der Waals surface area (Å²) in [4.78, 5) is 16.1. The van der Waals surface area contributed by atoms with Crippen LogP contribution in [0.3, 0.4) is 0 Å². The van der Waals surface area contributed by atoms with E-state index in [-0.39, 0.29) is 5.56 Å². The molecule has 0 bridgehead atoms. The molecule has 0 atom stereocenters. The highest BCUT2D eigenvalue weighted by atomic mass is 79.9. The van der Waals surface area contributed by atoms with E-state index in [2.05, 4.69) is 26.2 Å². The minimum Gasteiger partial charge on any atom is -0.478 e. The fourth-order valence-electron chi connectivity index (χ4n) is 1.40. The molecule has 6 heteroatoms. The van der Waals surface area contributed by atoms with Crippen molar-refractivity contribution >= 4 is 38.9 Å². The quantitative estimate of drug-likeness (QED) is 0.910. The van der Waals surface area contributed by atoms with Gasteiger partial charge in [0, 0.05) is 15.5 Å². The van der Waals surface area contributed by atoms with Crippen LogP contribution in [0.5, 0.6) is 0 Å². The Labute approximate surface area is 110 Å². The Balaban J connectivity index is 2.21. The molecule has 4 nitrogen and oxygen atoms in total. The van der Waals surface area contributed by atoms with Gasteiger partial charge >= 0.3 is 5.97 Å². The maximum atomic E-state index is 11.1. The summed E-state index contributed by atoms with van der Waals surface area (Å²) in [6.07, 6.45) is 1.76. The number of carboxylic acid groups (broad SMARTS) is 1. The molecular formula is C11H9BrN2O2S. The fourth-order valence-corrected chi connectivity index (χ4v) is 2.47. The average molecular weight is 313 g/mol. The van der Waals surface area contributed by atoms with E-state index >= 15 is 0 Å². The van der Waals surface area contributed by atoms with Crippen LogP contribution in [0.15, 0.2) is 34.4 Å². The number of benzene rings is 1. The maximum Gasteiger partial charge on any atom is 0.338 e. The van der Waals surface area contributed by atoms with Crippen molar-refractivity contribution in [1.82, 2.24) is 4.98 Å². The second-order valence-corrected chi connectivity index (χ2v) is 5.11. The first-order valence-electron chi connectivity index (χ1n) is 4.81. The van der Waals surface area contributed by atoms with E-state index in [0.29, 0.717) is 16.7 Å². The number of aromatic nitrogens is 1. The molecule has 1 aromatic carbocycles. The number of halogens is 1. The summed E-state index contributed by atoms with van der Waals surface area (Å²) in [6.45, 7) is 0.571. The number of carboxylic acids is 1. The van der Waals surface area contributed by atoms with Crippen LogP contribution in [0.2, 0.25) is 0 Å². The predicted molar refractivity (Wildman–Crippen MR) is 70.5 cm³/mol. The number of hydrogen-bond acceptors (Lipinski definition) is 4. The van der Waals surface area contributed by atoms with Crippen LogP contribution >= 0.6 is 27.3 Å². The lowest BCUT2D eigenvalue weighted by Gasteiger charge is -2.09. The second kappa shape index (κ2) is 5.29. The number of carbonyl (C=O) groups is 1. The summed E-state index contributed by atoms with van der Waals surface area (Å²) >= 11 is 4.76. The molecule has 0 spiro atoms. The molecule has 17 heavy (non-hydrogen) atoms. The van der Waals surface area contributed by atoms with E-state index in [1.165, 1.54) is 11.3 Å². The highest BCUT2D eigenvalue weighted by Crippen LogP contribution is 2.25. The minimum atomic E-state index is -0.954. The molecule has 1 heterocycles. The van der Waals surface area contributed by atoms with Gasteiger partial charge in [0.2, 0.25) is 0 Å². The van der Waals surface area contributed by atoms with Crippen molar-refractivity contribution in [2.45, 2.75) is 6.54 Å². The zero-order valence-electron chi connectivity index (χ0n) is 8.68. The van der Waals surface area contributed by atoms with Gasteiger partial charge in [0.15, 0.2) is 0 Å². The van der Waals surface area contributed by atoms with Crippen molar-refractivity contribution in [3.8, 4) is 0 Å². The van der Waals surface area contributed by atoms with Gasteiger partial charge < -0.3 is 10.4 Å². The molecule has 0 fully saturated rings. The molecule has 2 N–H and O–H groups in total. The Hall–Kier alpha value is -1.40. The highest BCUT2D eigenvalue weighted by molar-refractivity contribution is 9.10. The Morgan fingerprint density at radius 2 is 2.35 bits per heavy atom. The van der Waals surface area contributed by atoms with Gasteiger partial charge in [-0.15, -0.1) is 11.3 Å². The zero-order chi connectivity index (χ0) is 12.3. The SMILES string of the molecule is O=C(O)c1c(Br)cccc1NCc1cncs1. The van der Waals surface area contributed by atoms with Crippen molar-refractivity contribution in [2.24, 2.45) is 0 Å². The molecule has 0 aliphatic rings. The fraction of sp³-hybridized carbons (Fsp3) is 0.0909. The largest absolute Gasteiger partial charge is 0.478 e. The van der Waals surface area contributed by atoms with Crippen LogP contribution in [0.4, 0.5) is 5.69 Å². The number of hydrogen-bond donors (Lipinski definition) is 2. The van der Waals surface area contributed by atoms with Gasteiger partial charge in [-0.3, -0.25) is 4.98 Å². The molecule has 0 aliphatic heterocycles. The molecule has 0 amide bonds. The molecule has 2 rings (SSSR count). The lowest BCUT2D eigenvalue weighted by molar-refractivity contribution is 0.0697. The number of anilines is 1. The molecule has 88 valence electrons. The van der Waals surface area contributed by atoms with Gasteiger partial charge in [0.05, 0.1) is 23.3 Å². The number of nitrogens with zero attached hydrogens (tertiary/aromatic N) is 1. The molecule has 0 radical (unpaired) electrons. The van der Waals surface area contributed by atoms with E-state index in [0.717, 1.165) is 4.88 Å². The number of rotatable bonds is 4. The van der Waals surface area contributed by atoms with Gasteiger partial charge in [0.1, 0.15) is 0 Å². The topological polar surface area (TPSA) is 62.2 Å². The van der Waals surface area contributed by atoms with E-state index in [9.17, 15) is 4.79 Å². The summed E-state index contributed by atoms with van der Waals surface area (Å²) in [5.74, 6) is -0.954. The molecule has 0 saturated carbocycles. The third-order valence-corrected chi connectivity index (χ3v) is 3.60. The molecule has 1 aromatic heterocycles. The summed E-state index contributed by atoms with van der Waals surface area (Å²) < 4.78 is 0.569. The van der Waals surface area contributed by atoms with E-state index < -0.39 is 5.97 Å². The summed E-state index contributed by atoms with van der Waals surface area (Å²) in [7, 11) is 0. The first kappa shape index (κ1) is 12.1. The van der Waals surface area contributed by atoms with Crippen molar-refractivity contribution in [2.75, 3.05) is 5.32 Å². The van der Waals surface area contributed by atoms with E-state index in [4.69, 9.17) is 5.11 Å². The van der Waals surface area contributed by atoms with Gasteiger partial charge in [-0.2, -0.15) is 0 Å². The Bertz CT molecular complexity index is 528. The van der Waals surface area contributed by atoms with Crippen LogP contribution in [0.25, 0.3) is 0 Å². The third kappa shape index (κ3) is 2.83. The van der Waals surface area contributed by atoms with E-state index in [1.807, 2.05) is 0 Å². The zero-order valence-corrected chi connectivity index (χ0v) is 11.1. The van der Waals surface area contributed by atoms with Crippen molar-refractivity contribution in [1.29, 1.82) is 0 Å². The Morgan fingerprint density at radius 1 is 1.53 bits per heavy atom. The first-order chi connectivity index (χ1) is 8.18. The summed E-state index contributed by atoms with van der Waals surface area (Å²) in [5, 5.41) is 12.2. The molecule has 0 unspecified atom stereocenters. The predicted octanol–water partition coefficient (Wildman–Crippen LogP) is 3.22. The highest BCUT2D eigenvalue weighted by Gasteiger charge is 2.13. The lowest BCUT2D eigenvalue weighted by Crippen LogP contribution is -2.06. The smallest absolute Gasteiger partial charge is 0.338 e. The summed E-state index contributed by atoms with van der Waals surface area (Å²) in [6, 6.07) is 5.25. The maximum absolute atomic E-state index is 11.1. The van der Waals surface area contributed by atoms with Crippen molar-refractivity contribution in [3.05, 3.63) is 44.8 Å². The van der Waals surface area contributed by atoms with E-state index in [1.54, 1.807) is 29.9 Å². The second-order valence-electron chi connectivity index (χ2n) is 3.29. The Morgan fingerprint density at radius 3 is 3.00 bits per heavy atom. The van der Waals surface area contributed by atoms with Gasteiger partial charge in [-0.05, 0) is 28.1 Å². The Kier molecular flexibility index (Phi) is 3.75. The number of aromatic carboxylic acids is 1. The molecule has 0 aliphatic carbocycles. The average Bonchev–Trinajstić information content (AvgIpc) is 2.78. The van der Waals surface area contributed by atoms with Crippen molar-refractivity contribution < 1.29 is 9.90 Å². The van der Waals surface area contributed by atoms with Gasteiger partial charge in [-0.1, -0.05) is 6.07 Å². The van der Waals surface area contributed by atoms with Gasteiger partial charge in [-0.25, -0.2) is 4.79 Å². The molecule has 0 saturated heterocycles. The summed E-state index contributed by atoms with van der Waals surface area (Å²) in [5.41, 5.74) is 2.59. The number of thiazole rings is 1. The normalized spacial score (nSPS) is 10.2. The first-order valence-corrected chi connectivity index (χ1v) is 6.49. The molecule has 2 aromatic rings. The minimum absolute atomic E-state index is 0.247. The monoisotopic (exact) mass is 312 g/mol. The van der Waals surface area contributed by atoms with Crippen molar-refractivity contribution in [3.63, 3.8) is 0 Å². The lowest BCUT2D eigenvalue weighted by atomic mass is 10.2. The van der Waals surface area contributed by atoms with Crippen LogP contribution in [0, 0.1) is 0 Å². The van der Waals surface area contributed by atoms with Crippen LogP contribution in [-0.2, 0) is 6.54 Å². The van der Waals surface area contributed by atoms with Crippen LogP contribution in [-0.4, -0.2) is 16.1 Å². The van der Waals surface area contributed by atoms with Crippen LogP contribution < -0.4 is 5.32 Å². The van der Waals surface area contributed by atoms with Crippen LogP contribution in [0.1, 0.15) is 15.2 Å².